The van der Waals surface area contributed by atoms with Gasteiger partial charge in [0.05, 0.1) is 53.4 Å². The van der Waals surface area contributed by atoms with E-state index >= 15 is 0 Å². The Morgan fingerprint density at radius 3 is 2.39 bits per heavy atom. The van der Waals surface area contributed by atoms with Crippen molar-refractivity contribution in [3.05, 3.63) is 60.2 Å². The number of rotatable bonds is 12. The van der Waals surface area contributed by atoms with E-state index in [9.17, 15) is 0 Å². The number of ether oxygens (including phenoxy) is 1. The maximum atomic E-state index is 6.67. The molecule has 0 spiro atoms. The largest absolute Gasteiger partial charge is 0.373 e. The number of hydrogen-bond donors (Lipinski definition) is 1. The van der Waals surface area contributed by atoms with E-state index in [-0.39, 0.29) is 16.7 Å². The number of aromatic amines is 1. The lowest BCUT2D eigenvalue weighted by atomic mass is 9.93. The van der Waals surface area contributed by atoms with Crippen LogP contribution < -0.4 is 0 Å². The molecule has 4 aromatic rings. The number of nitrogens with one attached hydrogen (secondary N) is 1. The van der Waals surface area contributed by atoms with Crippen molar-refractivity contribution in [3.8, 4) is 0 Å². The number of nitrogens with zero attached hydrogens (tertiary/aromatic N) is 4. The number of benzene rings is 2. The van der Waals surface area contributed by atoms with E-state index in [1.807, 2.05) is 12.1 Å². The van der Waals surface area contributed by atoms with Gasteiger partial charge in [0.1, 0.15) is 11.6 Å². The Morgan fingerprint density at radius 2 is 1.69 bits per heavy atom. The maximum absolute atomic E-state index is 6.67. The van der Waals surface area contributed by atoms with Crippen LogP contribution in [0.5, 0.6) is 0 Å². The van der Waals surface area contributed by atoms with Crippen molar-refractivity contribution >= 4 is 32.3 Å². The topological polar surface area (TPSA) is 59.0 Å². The molecule has 2 heterocycles. The fourth-order valence-corrected chi connectivity index (χ4v) is 4.64. The summed E-state index contributed by atoms with van der Waals surface area (Å²) in [6.45, 7) is 13.5. The van der Waals surface area contributed by atoms with Crippen LogP contribution in [0, 0.1) is 0 Å². The lowest BCUT2D eigenvalue weighted by Gasteiger charge is -2.40. The molecule has 1 atom stereocenters. The molecule has 0 fully saturated rings. The van der Waals surface area contributed by atoms with Crippen LogP contribution >= 0.6 is 0 Å². The average molecular weight is 506 g/mol. The SMILES string of the molecule is CCCCC(COC(C)(C)C(C)(C)[SiH3])n1c(CN(C)Cc2nc3ccccc3[nH]2)nc2ccccc21. The summed E-state index contributed by atoms with van der Waals surface area (Å²) in [4.78, 5) is 15.6. The van der Waals surface area contributed by atoms with E-state index in [1.54, 1.807) is 0 Å². The van der Waals surface area contributed by atoms with Gasteiger partial charge in [-0.05, 0) is 56.6 Å². The van der Waals surface area contributed by atoms with E-state index < -0.39 is 0 Å². The molecule has 0 aliphatic heterocycles. The number of para-hydroxylation sites is 4. The summed E-state index contributed by atoms with van der Waals surface area (Å²) in [6, 6.07) is 17.0. The van der Waals surface area contributed by atoms with Crippen molar-refractivity contribution in [1.82, 2.24) is 24.4 Å². The first-order chi connectivity index (χ1) is 17.1. The minimum absolute atomic E-state index is 0.168. The van der Waals surface area contributed by atoms with Crippen LogP contribution in [0.1, 0.15) is 71.6 Å². The third-order valence-electron chi connectivity index (χ3n) is 7.64. The van der Waals surface area contributed by atoms with Gasteiger partial charge in [-0.1, -0.05) is 57.9 Å². The van der Waals surface area contributed by atoms with Gasteiger partial charge < -0.3 is 14.3 Å². The van der Waals surface area contributed by atoms with Gasteiger partial charge in [-0.3, -0.25) is 4.90 Å². The van der Waals surface area contributed by atoms with E-state index in [2.05, 4.69) is 92.5 Å². The van der Waals surface area contributed by atoms with Gasteiger partial charge in [0.15, 0.2) is 0 Å². The highest BCUT2D eigenvalue weighted by atomic mass is 28.1. The number of aromatic nitrogens is 4. The first-order valence-corrected chi connectivity index (χ1v) is 14.3. The van der Waals surface area contributed by atoms with E-state index in [0.29, 0.717) is 6.61 Å². The lowest BCUT2D eigenvalue weighted by Crippen LogP contribution is -2.38. The Balaban J connectivity index is 1.61. The van der Waals surface area contributed by atoms with Gasteiger partial charge >= 0.3 is 0 Å². The van der Waals surface area contributed by atoms with E-state index in [4.69, 9.17) is 14.7 Å². The minimum Gasteiger partial charge on any atom is -0.373 e. The second-order valence-corrected chi connectivity index (χ2v) is 14.1. The van der Waals surface area contributed by atoms with Gasteiger partial charge in [-0.2, -0.15) is 0 Å². The summed E-state index contributed by atoms with van der Waals surface area (Å²) < 4.78 is 9.13. The molecule has 0 radical (unpaired) electrons. The van der Waals surface area contributed by atoms with Crippen LogP contribution in [0.3, 0.4) is 0 Å². The predicted octanol–water partition coefficient (Wildman–Crippen LogP) is 5.64. The zero-order chi connectivity index (χ0) is 25.9. The van der Waals surface area contributed by atoms with Crippen molar-refractivity contribution < 1.29 is 4.74 Å². The first-order valence-electron chi connectivity index (χ1n) is 13.3. The van der Waals surface area contributed by atoms with Crippen molar-refractivity contribution in [2.75, 3.05) is 13.7 Å². The van der Waals surface area contributed by atoms with Gasteiger partial charge in [0.25, 0.3) is 0 Å². The summed E-state index contributed by atoms with van der Waals surface area (Å²) >= 11 is 0. The van der Waals surface area contributed by atoms with Crippen LogP contribution in [0.15, 0.2) is 48.5 Å². The number of imidazole rings is 2. The van der Waals surface area contributed by atoms with Gasteiger partial charge in [-0.15, -0.1) is 0 Å². The molecule has 1 N–H and O–H groups in total. The maximum Gasteiger partial charge on any atom is 0.124 e. The second kappa shape index (κ2) is 10.9. The molecular formula is C29H43N5OSi. The number of fused-ring (bicyclic) bond motifs is 2. The molecule has 4 rings (SSSR count). The van der Waals surface area contributed by atoms with Gasteiger partial charge in [0.2, 0.25) is 0 Å². The third kappa shape index (κ3) is 5.90. The van der Waals surface area contributed by atoms with E-state index in [0.717, 1.165) is 58.0 Å². The van der Waals surface area contributed by atoms with E-state index in [1.165, 1.54) is 18.4 Å². The first kappa shape index (κ1) is 26.6. The summed E-state index contributed by atoms with van der Waals surface area (Å²) in [6.07, 6.45) is 3.41. The number of hydrogen-bond acceptors (Lipinski definition) is 4. The van der Waals surface area contributed by atoms with Crippen molar-refractivity contribution in [2.45, 2.75) is 83.7 Å². The molecule has 0 saturated carbocycles. The highest BCUT2D eigenvalue weighted by molar-refractivity contribution is 6.15. The molecule has 0 bridgehead atoms. The molecule has 0 amide bonds. The summed E-state index contributed by atoms with van der Waals surface area (Å²) in [5.74, 6) is 2.06. The molecule has 2 aromatic heterocycles. The van der Waals surface area contributed by atoms with Gasteiger partial charge in [-0.25, -0.2) is 9.97 Å². The van der Waals surface area contributed by atoms with Crippen LogP contribution in [-0.2, 0) is 17.8 Å². The Bertz CT molecular complexity index is 1250. The molecule has 1 unspecified atom stereocenters. The highest BCUT2D eigenvalue weighted by Gasteiger charge is 2.34. The normalized spacial score (nSPS) is 13.9. The zero-order valence-corrected chi connectivity index (χ0v) is 25.1. The molecular weight excluding hydrogens is 462 g/mol. The lowest BCUT2D eigenvalue weighted by molar-refractivity contribution is -0.0577. The Kier molecular flexibility index (Phi) is 8.02. The molecule has 6 nitrogen and oxygen atoms in total. The standard InChI is InChI=1S/C29H43N5OSi/c1-7-8-13-21(20-35-28(2,3)29(4,5)36)34-25-17-12-11-16-24(25)32-27(34)19-33(6)18-26-30-22-14-9-10-15-23(22)31-26/h9-12,14-17,21H,7-8,13,18-20H2,1-6,36H3,(H,30,31). The van der Waals surface area contributed by atoms with Crippen LogP contribution in [0.4, 0.5) is 0 Å². The fraction of sp³-hybridized carbons (Fsp3) is 0.517. The Labute approximate surface area is 218 Å². The summed E-state index contributed by atoms with van der Waals surface area (Å²) in [7, 11) is 3.22. The molecule has 0 aliphatic carbocycles. The van der Waals surface area contributed by atoms with Crippen LogP contribution in [-0.4, -0.2) is 53.9 Å². The highest BCUT2D eigenvalue weighted by Crippen LogP contribution is 2.38. The minimum atomic E-state index is -0.168. The van der Waals surface area contributed by atoms with Crippen LogP contribution in [0.25, 0.3) is 22.1 Å². The van der Waals surface area contributed by atoms with Gasteiger partial charge in [0, 0.05) is 10.2 Å². The second-order valence-electron chi connectivity index (χ2n) is 11.6. The number of unbranched alkanes of at least 4 members (excludes halogenated alkanes) is 1. The quantitative estimate of drug-likeness (QED) is 0.253. The predicted molar refractivity (Wildman–Crippen MR) is 154 cm³/mol. The number of H-pyrrole nitrogens is 1. The molecule has 0 saturated heterocycles. The van der Waals surface area contributed by atoms with Crippen molar-refractivity contribution in [1.29, 1.82) is 0 Å². The molecule has 0 aliphatic rings. The van der Waals surface area contributed by atoms with Crippen molar-refractivity contribution in [3.63, 3.8) is 0 Å². The molecule has 2 aromatic carbocycles. The summed E-state index contributed by atoms with van der Waals surface area (Å²) in [5, 5.41) is 0.189. The molecule has 36 heavy (non-hydrogen) atoms. The zero-order valence-electron chi connectivity index (χ0n) is 23.1. The monoisotopic (exact) mass is 505 g/mol. The smallest absolute Gasteiger partial charge is 0.124 e. The molecule has 194 valence electrons. The van der Waals surface area contributed by atoms with Crippen molar-refractivity contribution in [2.24, 2.45) is 0 Å². The molecule has 7 heteroatoms. The summed E-state index contributed by atoms with van der Waals surface area (Å²) in [5.41, 5.74) is 4.16. The third-order valence-corrected chi connectivity index (χ3v) is 8.84. The Morgan fingerprint density at radius 1 is 1.00 bits per heavy atom. The Hall–Kier alpha value is -2.48. The van der Waals surface area contributed by atoms with Crippen LogP contribution in [0.2, 0.25) is 5.04 Å². The fourth-order valence-electron chi connectivity index (χ4n) is 4.49. The average Bonchev–Trinajstić information content (AvgIpc) is 3.38.